The predicted octanol–water partition coefficient (Wildman–Crippen LogP) is -0.452. The summed E-state index contributed by atoms with van der Waals surface area (Å²) in [7, 11) is 0. The van der Waals surface area contributed by atoms with Crippen LogP contribution in [0.3, 0.4) is 0 Å². The maximum atomic E-state index is 12.4. The van der Waals surface area contributed by atoms with E-state index in [4.69, 9.17) is 15.2 Å². The zero-order valence-electron chi connectivity index (χ0n) is 17.8. The van der Waals surface area contributed by atoms with Gasteiger partial charge in [-0.05, 0) is 18.6 Å². The standard InChI is InChI=1S/C20H25N7O6/c1-2-7-32-11-6-4-3-5-10(11)8-22-26-20-23-13-16(24-19(21)25-17(13)31)27(20)18-15(30)14(29)12(9-28)33-18/h3-6,8,12,14-15,18,28-30H,2,7,9H2,1H3,(H,23,26)(H3,21,24,25,31)/b22-8-/t12-,14-,15+,18-/m1/s1. The number of ether oxygens (including phenoxy) is 2. The second-order valence-corrected chi connectivity index (χ2v) is 7.41. The fourth-order valence-corrected chi connectivity index (χ4v) is 3.50. The molecule has 0 spiro atoms. The van der Waals surface area contributed by atoms with Gasteiger partial charge in [0.2, 0.25) is 11.9 Å². The number of hydrazone groups is 1. The molecule has 1 aliphatic rings. The van der Waals surface area contributed by atoms with Crippen LogP contribution < -0.4 is 21.5 Å². The number of benzene rings is 1. The Bertz CT molecular complexity index is 1210. The summed E-state index contributed by atoms with van der Waals surface area (Å²) in [6.07, 6.45) is -2.69. The van der Waals surface area contributed by atoms with Crippen LogP contribution in [0, 0.1) is 0 Å². The van der Waals surface area contributed by atoms with Gasteiger partial charge in [-0.2, -0.15) is 10.1 Å². The first-order valence-corrected chi connectivity index (χ1v) is 10.4. The summed E-state index contributed by atoms with van der Waals surface area (Å²) in [5, 5.41) is 34.3. The van der Waals surface area contributed by atoms with Crippen molar-refractivity contribution in [3.8, 4) is 5.75 Å². The number of rotatable bonds is 8. The van der Waals surface area contributed by atoms with Crippen LogP contribution in [0.5, 0.6) is 5.75 Å². The molecule has 2 aromatic heterocycles. The molecule has 176 valence electrons. The van der Waals surface area contributed by atoms with Gasteiger partial charge in [-0.3, -0.25) is 14.3 Å². The van der Waals surface area contributed by atoms with Gasteiger partial charge in [-0.1, -0.05) is 19.1 Å². The molecule has 0 amide bonds. The fourth-order valence-electron chi connectivity index (χ4n) is 3.50. The van der Waals surface area contributed by atoms with Crippen molar-refractivity contribution < 1.29 is 24.8 Å². The molecule has 1 fully saturated rings. The second kappa shape index (κ2) is 9.54. The van der Waals surface area contributed by atoms with Crippen LogP contribution >= 0.6 is 0 Å². The zero-order valence-corrected chi connectivity index (χ0v) is 17.8. The number of aliphatic hydroxyl groups excluding tert-OH is 3. The Morgan fingerprint density at radius 3 is 2.85 bits per heavy atom. The molecule has 1 aliphatic heterocycles. The summed E-state index contributed by atoms with van der Waals surface area (Å²) >= 11 is 0. The summed E-state index contributed by atoms with van der Waals surface area (Å²) in [5.41, 5.74) is 8.44. The number of hydrogen-bond donors (Lipinski definition) is 6. The quantitative estimate of drug-likeness (QED) is 0.190. The van der Waals surface area contributed by atoms with E-state index in [0.717, 1.165) is 6.42 Å². The molecule has 0 radical (unpaired) electrons. The van der Waals surface area contributed by atoms with Crippen LogP contribution in [0.1, 0.15) is 25.1 Å². The first kappa shape index (κ1) is 22.7. The Morgan fingerprint density at radius 1 is 1.33 bits per heavy atom. The van der Waals surface area contributed by atoms with E-state index in [1.807, 2.05) is 31.2 Å². The molecule has 33 heavy (non-hydrogen) atoms. The monoisotopic (exact) mass is 459 g/mol. The van der Waals surface area contributed by atoms with E-state index in [-0.39, 0.29) is 23.1 Å². The predicted molar refractivity (Wildman–Crippen MR) is 119 cm³/mol. The van der Waals surface area contributed by atoms with E-state index in [1.54, 1.807) is 0 Å². The van der Waals surface area contributed by atoms with Gasteiger partial charge < -0.3 is 30.5 Å². The van der Waals surface area contributed by atoms with E-state index in [9.17, 15) is 20.1 Å². The molecule has 0 aliphatic carbocycles. The van der Waals surface area contributed by atoms with Crippen molar-refractivity contribution in [3.63, 3.8) is 0 Å². The summed E-state index contributed by atoms with van der Waals surface area (Å²) in [5.74, 6) is 0.483. The zero-order chi connectivity index (χ0) is 23.5. The third kappa shape index (κ3) is 4.39. The molecule has 13 nitrogen and oxygen atoms in total. The molecule has 3 heterocycles. The van der Waals surface area contributed by atoms with Crippen LogP contribution in [-0.2, 0) is 4.74 Å². The Hall–Kier alpha value is -3.52. The Kier molecular flexibility index (Phi) is 6.55. The van der Waals surface area contributed by atoms with Crippen molar-refractivity contribution >= 4 is 29.3 Å². The molecule has 1 saturated heterocycles. The van der Waals surface area contributed by atoms with E-state index < -0.39 is 36.7 Å². The minimum atomic E-state index is -1.44. The average Bonchev–Trinajstić information content (AvgIpc) is 3.30. The van der Waals surface area contributed by atoms with Gasteiger partial charge in [0, 0.05) is 5.56 Å². The number of nitrogens with two attached hydrogens (primary N) is 1. The number of nitrogen functional groups attached to an aromatic ring is 1. The highest BCUT2D eigenvalue weighted by atomic mass is 16.6. The molecule has 1 aromatic carbocycles. The molecule has 0 unspecified atom stereocenters. The molecule has 0 saturated carbocycles. The number of anilines is 2. The van der Waals surface area contributed by atoms with Crippen LogP contribution in [0.15, 0.2) is 34.2 Å². The van der Waals surface area contributed by atoms with Crippen LogP contribution in [-0.4, -0.2) is 72.6 Å². The van der Waals surface area contributed by atoms with Crippen molar-refractivity contribution in [1.82, 2.24) is 19.5 Å². The van der Waals surface area contributed by atoms with Crippen molar-refractivity contribution in [2.75, 3.05) is 24.4 Å². The molecule has 4 atom stereocenters. The minimum Gasteiger partial charge on any atom is -0.493 e. The van der Waals surface area contributed by atoms with Crippen LogP contribution in [0.2, 0.25) is 0 Å². The lowest BCUT2D eigenvalue weighted by molar-refractivity contribution is -0.0501. The Morgan fingerprint density at radius 2 is 2.12 bits per heavy atom. The summed E-state index contributed by atoms with van der Waals surface area (Å²) in [6.45, 7) is 2.03. The number of para-hydroxylation sites is 1. The van der Waals surface area contributed by atoms with Gasteiger partial charge in [0.15, 0.2) is 17.4 Å². The number of nitrogens with zero attached hydrogens (tertiary/aromatic N) is 4. The van der Waals surface area contributed by atoms with Crippen molar-refractivity contribution in [1.29, 1.82) is 0 Å². The second-order valence-electron chi connectivity index (χ2n) is 7.41. The van der Waals surface area contributed by atoms with Crippen molar-refractivity contribution in [2.45, 2.75) is 37.9 Å². The number of imidazole rings is 1. The number of aromatic nitrogens is 4. The number of hydrogen-bond acceptors (Lipinski definition) is 11. The van der Waals surface area contributed by atoms with Gasteiger partial charge in [-0.25, -0.2) is 10.4 Å². The first-order chi connectivity index (χ1) is 15.9. The van der Waals surface area contributed by atoms with Gasteiger partial charge in [0.05, 0.1) is 19.4 Å². The van der Waals surface area contributed by atoms with Crippen molar-refractivity contribution in [3.05, 3.63) is 40.2 Å². The molecule has 3 aromatic rings. The molecule has 4 rings (SSSR count). The molecule has 13 heteroatoms. The maximum absolute atomic E-state index is 12.4. The number of fused-ring (bicyclic) bond motifs is 1. The highest BCUT2D eigenvalue weighted by molar-refractivity contribution is 5.84. The van der Waals surface area contributed by atoms with Gasteiger partial charge >= 0.3 is 0 Å². The van der Waals surface area contributed by atoms with E-state index in [2.05, 4.69) is 25.5 Å². The third-order valence-electron chi connectivity index (χ3n) is 5.09. The summed E-state index contributed by atoms with van der Waals surface area (Å²) in [6, 6.07) is 7.32. The normalized spacial score (nSPS) is 22.9. The lowest BCUT2D eigenvalue weighted by Gasteiger charge is -2.18. The number of nitrogens with one attached hydrogen (secondary N) is 2. The maximum Gasteiger partial charge on any atom is 0.280 e. The molecule has 7 N–H and O–H groups in total. The lowest BCUT2D eigenvalue weighted by Crippen LogP contribution is -2.33. The molecular formula is C20H25N7O6. The Balaban J connectivity index is 1.71. The van der Waals surface area contributed by atoms with E-state index in [0.29, 0.717) is 17.9 Å². The largest absolute Gasteiger partial charge is 0.493 e. The number of aromatic amines is 1. The molecular weight excluding hydrogens is 434 g/mol. The number of aliphatic hydroxyl groups is 3. The van der Waals surface area contributed by atoms with E-state index >= 15 is 0 Å². The minimum absolute atomic E-state index is 0.00616. The summed E-state index contributed by atoms with van der Waals surface area (Å²) < 4.78 is 12.6. The highest BCUT2D eigenvalue weighted by Gasteiger charge is 2.45. The first-order valence-electron chi connectivity index (χ1n) is 10.4. The van der Waals surface area contributed by atoms with Crippen molar-refractivity contribution in [2.24, 2.45) is 5.10 Å². The molecule has 0 bridgehead atoms. The third-order valence-corrected chi connectivity index (χ3v) is 5.09. The number of H-pyrrole nitrogens is 1. The smallest absolute Gasteiger partial charge is 0.280 e. The SMILES string of the molecule is CCCOc1ccccc1/C=N\Nc1nc2c(=O)[nH]c(N)nc2n1[C@@H]1O[C@H](CO)[C@@H](O)[C@@H]1O. The highest BCUT2D eigenvalue weighted by Crippen LogP contribution is 2.34. The van der Waals surface area contributed by atoms with Crippen LogP contribution in [0.4, 0.5) is 11.9 Å². The Labute approximate surface area is 187 Å². The van der Waals surface area contributed by atoms with E-state index in [1.165, 1.54) is 10.8 Å². The summed E-state index contributed by atoms with van der Waals surface area (Å²) in [4.78, 5) is 23.0. The fraction of sp³-hybridized carbons (Fsp3) is 0.400. The average molecular weight is 459 g/mol. The lowest BCUT2D eigenvalue weighted by atomic mass is 10.1. The van der Waals surface area contributed by atoms with Gasteiger partial charge in [0.1, 0.15) is 24.1 Å². The topological polar surface area (TPSA) is 193 Å². The van der Waals surface area contributed by atoms with Gasteiger partial charge in [0.25, 0.3) is 5.56 Å². The van der Waals surface area contributed by atoms with Crippen LogP contribution in [0.25, 0.3) is 11.2 Å². The van der Waals surface area contributed by atoms with Gasteiger partial charge in [-0.15, -0.1) is 0 Å².